The van der Waals surface area contributed by atoms with Crippen LogP contribution in [0.5, 0.6) is 0 Å². The molecule has 2 aromatic rings. The maximum Gasteiger partial charge on any atom is 0.311 e. The molecule has 7 heteroatoms. The number of anilines is 1. The Morgan fingerprint density at radius 1 is 1.47 bits per heavy atom. The lowest BCUT2D eigenvalue weighted by Crippen LogP contribution is -2.06. The van der Waals surface area contributed by atoms with E-state index in [0.29, 0.717) is 6.54 Å². The molecule has 0 aliphatic heterocycles. The summed E-state index contributed by atoms with van der Waals surface area (Å²) in [5.74, 6) is 0.273. The Bertz CT molecular complexity index is 621. The van der Waals surface area contributed by atoms with E-state index in [1.165, 1.54) is 12.3 Å². The number of aromatic nitrogens is 3. The molecule has 0 saturated carbocycles. The summed E-state index contributed by atoms with van der Waals surface area (Å²) < 4.78 is 1.79. The number of nitrogens with zero attached hydrogens (tertiary/aromatic N) is 4. The molecule has 0 bridgehead atoms. The van der Waals surface area contributed by atoms with E-state index in [1.807, 2.05) is 20.9 Å². The molecular weight excluding hydrogens is 246 g/mol. The van der Waals surface area contributed by atoms with E-state index < -0.39 is 4.92 Å². The second-order valence-electron chi connectivity index (χ2n) is 4.25. The van der Waals surface area contributed by atoms with Crippen molar-refractivity contribution in [2.24, 2.45) is 7.05 Å². The molecule has 2 heterocycles. The number of aryl methyl sites for hydroxylation is 2. The Kier molecular flexibility index (Phi) is 3.46. The van der Waals surface area contributed by atoms with E-state index in [9.17, 15) is 10.1 Å². The molecule has 0 aromatic carbocycles. The number of nitro groups is 1. The van der Waals surface area contributed by atoms with Crippen LogP contribution in [-0.2, 0) is 13.6 Å². The molecule has 1 N–H and O–H groups in total. The molecule has 100 valence electrons. The van der Waals surface area contributed by atoms with Crippen molar-refractivity contribution in [3.63, 3.8) is 0 Å². The van der Waals surface area contributed by atoms with Crippen LogP contribution in [-0.4, -0.2) is 19.7 Å². The van der Waals surface area contributed by atoms with E-state index in [4.69, 9.17) is 0 Å². The highest BCUT2D eigenvalue weighted by atomic mass is 16.6. The van der Waals surface area contributed by atoms with Crippen molar-refractivity contribution in [3.05, 3.63) is 45.4 Å². The van der Waals surface area contributed by atoms with E-state index in [0.717, 1.165) is 17.0 Å². The van der Waals surface area contributed by atoms with Crippen molar-refractivity contribution >= 4 is 11.5 Å². The molecule has 0 atom stereocenters. The normalized spacial score (nSPS) is 10.5. The first kappa shape index (κ1) is 13.0. The molecule has 0 aliphatic carbocycles. The average Bonchev–Trinajstić information content (AvgIpc) is 2.61. The molecule has 7 nitrogen and oxygen atoms in total. The second kappa shape index (κ2) is 5.05. The largest absolute Gasteiger partial charge is 0.360 e. The number of rotatable bonds is 4. The average molecular weight is 261 g/mol. The minimum absolute atomic E-state index is 0.0262. The summed E-state index contributed by atoms with van der Waals surface area (Å²) >= 11 is 0. The van der Waals surface area contributed by atoms with Crippen LogP contribution < -0.4 is 5.32 Å². The summed E-state index contributed by atoms with van der Waals surface area (Å²) in [5.41, 5.74) is 2.94. The molecule has 0 fully saturated rings. The van der Waals surface area contributed by atoms with Crippen molar-refractivity contribution in [3.8, 4) is 0 Å². The van der Waals surface area contributed by atoms with Gasteiger partial charge in [-0.3, -0.25) is 14.8 Å². The van der Waals surface area contributed by atoms with E-state index in [-0.39, 0.29) is 11.5 Å². The van der Waals surface area contributed by atoms with Crippen LogP contribution in [0.1, 0.15) is 17.0 Å². The highest BCUT2D eigenvalue weighted by Gasteiger charge is 2.15. The monoisotopic (exact) mass is 261 g/mol. The fourth-order valence-corrected chi connectivity index (χ4v) is 1.93. The molecule has 0 saturated heterocycles. The van der Waals surface area contributed by atoms with Crippen molar-refractivity contribution in [2.75, 3.05) is 5.32 Å². The third-order valence-electron chi connectivity index (χ3n) is 3.07. The Labute approximate surface area is 110 Å². The van der Waals surface area contributed by atoms with Gasteiger partial charge in [-0.15, -0.1) is 0 Å². The molecule has 0 radical (unpaired) electrons. The van der Waals surface area contributed by atoms with Gasteiger partial charge in [-0.25, -0.2) is 4.98 Å². The van der Waals surface area contributed by atoms with Gasteiger partial charge >= 0.3 is 5.69 Å². The van der Waals surface area contributed by atoms with Crippen LogP contribution in [0.2, 0.25) is 0 Å². The minimum Gasteiger partial charge on any atom is -0.360 e. The van der Waals surface area contributed by atoms with E-state index in [2.05, 4.69) is 15.4 Å². The van der Waals surface area contributed by atoms with Gasteiger partial charge in [0.05, 0.1) is 10.6 Å². The van der Waals surface area contributed by atoms with Crippen molar-refractivity contribution in [1.82, 2.24) is 14.8 Å². The topological polar surface area (TPSA) is 85.9 Å². The fraction of sp³-hybridized carbons (Fsp3) is 0.333. The molecule has 2 rings (SSSR count). The molecule has 0 aliphatic rings. The Morgan fingerprint density at radius 3 is 2.79 bits per heavy atom. The van der Waals surface area contributed by atoms with Gasteiger partial charge in [-0.05, 0) is 19.9 Å². The Morgan fingerprint density at radius 2 is 2.21 bits per heavy atom. The van der Waals surface area contributed by atoms with Gasteiger partial charge in [0.1, 0.15) is 0 Å². The first-order chi connectivity index (χ1) is 9.00. The van der Waals surface area contributed by atoms with Crippen LogP contribution in [0, 0.1) is 24.0 Å². The first-order valence-electron chi connectivity index (χ1n) is 5.83. The standard InChI is InChI=1S/C12H15N5O2/c1-8-10(9(2)16(3)15-8)7-14-12-11(17(18)19)5-4-6-13-12/h4-6H,7H2,1-3H3,(H,13,14). The van der Waals surface area contributed by atoms with Gasteiger partial charge in [0.2, 0.25) is 5.82 Å². The summed E-state index contributed by atoms with van der Waals surface area (Å²) in [6, 6.07) is 2.97. The molecule has 0 spiro atoms. The maximum atomic E-state index is 10.9. The van der Waals surface area contributed by atoms with Gasteiger partial charge in [0, 0.05) is 37.1 Å². The smallest absolute Gasteiger partial charge is 0.311 e. The van der Waals surface area contributed by atoms with Crippen molar-refractivity contribution in [1.29, 1.82) is 0 Å². The van der Waals surface area contributed by atoms with E-state index >= 15 is 0 Å². The molecule has 0 amide bonds. The second-order valence-corrected chi connectivity index (χ2v) is 4.25. The lowest BCUT2D eigenvalue weighted by Gasteiger charge is -2.06. The van der Waals surface area contributed by atoms with Gasteiger partial charge in [0.25, 0.3) is 0 Å². The van der Waals surface area contributed by atoms with Gasteiger partial charge in [0.15, 0.2) is 0 Å². The van der Waals surface area contributed by atoms with Crippen LogP contribution in [0.3, 0.4) is 0 Å². The van der Waals surface area contributed by atoms with Crippen LogP contribution in [0.4, 0.5) is 11.5 Å². The summed E-state index contributed by atoms with van der Waals surface area (Å²) in [4.78, 5) is 14.4. The summed E-state index contributed by atoms with van der Waals surface area (Å²) in [7, 11) is 1.87. The van der Waals surface area contributed by atoms with E-state index in [1.54, 1.807) is 10.7 Å². The summed E-state index contributed by atoms with van der Waals surface area (Å²) in [6.07, 6.45) is 1.53. The van der Waals surface area contributed by atoms with Crippen LogP contribution in [0.25, 0.3) is 0 Å². The van der Waals surface area contributed by atoms with Gasteiger partial charge in [-0.2, -0.15) is 5.10 Å². The number of hydrogen-bond acceptors (Lipinski definition) is 5. The summed E-state index contributed by atoms with van der Waals surface area (Å²) in [6.45, 7) is 4.34. The predicted molar refractivity (Wildman–Crippen MR) is 70.9 cm³/mol. The predicted octanol–water partition coefficient (Wildman–Crippen LogP) is 1.95. The highest BCUT2D eigenvalue weighted by Crippen LogP contribution is 2.22. The summed E-state index contributed by atoms with van der Waals surface area (Å²) in [5, 5.41) is 18.2. The van der Waals surface area contributed by atoms with Gasteiger partial charge < -0.3 is 5.32 Å². The first-order valence-corrected chi connectivity index (χ1v) is 5.83. The Balaban J connectivity index is 2.22. The fourth-order valence-electron chi connectivity index (χ4n) is 1.93. The third-order valence-corrected chi connectivity index (χ3v) is 3.07. The maximum absolute atomic E-state index is 10.9. The quantitative estimate of drug-likeness (QED) is 0.671. The Hall–Kier alpha value is -2.44. The zero-order valence-electron chi connectivity index (χ0n) is 11.0. The van der Waals surface area contributed by atoms with Gasteiger partial charge in [-0.1, -0.05) is 0 Å². The van der Waals surface area contributed by atoms with Crippen molar-refractivity contribution in [2.45, 2.75) is 20.4 Å². The number of pyridine rings is 1. The minimum atomic E-state index is -0.446. The molecular formula is C12H15N5O2. The van der Waals surface area contributed by atoms with Crippen LogP contribution >= 0.6 is 0 Å². The van der Waals surface area contributed by atoms with Crippen molar-refractivity contribution < 1.29 is 4.92 Å². The lowest BCUT2D eigenvalue weighted by atomic mass is 10.2. The number of nitrogens with one attached hydrogen (secondary N) is 1. The highest BCUT2D eigenvalue weighted by molar-refractivity contribution is 5.55. The zero-order chi connectivity index (χ0) is 14.0. The third kappa shape index (κ3) is 2.54. The molecule has 2 aromatic heterocycles. The zero-order valence-corrected chi connectivity index (χ0v) is 11.0. The molecule has 19 heavy (non-hydrogen) atoms. The number of hydrogen-bond donors (Lipinski definition) is 1. The lowest BCUT2D eigenvalue weighted by molar-refractivity contribution is -0.384. The van der Waals surface area contributed by atoms with Crippen LogP contribution in [0.15, 0.2) is 18.3 Å². The molecule has 0 unspecified atom stereocenters. The SMILES string of the molecule is Cc1nn(C)c(C)c1CNc1ncccc1[N+](=O)[O-].